The first-order chi connectivity index (χ1) is 14.2. The average Bonchev–Trinajstić information content (AvgIpc) is 3.22. The van der Waals surface area contributed by atoms with E-state index < -0.39 is 34.4 Å². The molecule has 1 aromatic carbocycles. The van der Waals surface area contributed by atoms with E-state index >= 15 is 0 Å². The van der Waals surface area contributed by atoms with Gasteiger partial charge >= 0.3 is 11.8 Å². The summed E-state index contributed by atoms with van der Waals surface area (Å²) in [5, 5.41) is 4.74. The van der Waals surface area contributed by atoms with Gasteiger partial charge in [0.05, 0.1) is 31.7 Å². The molecule has 30 heavy (non-hydrogen) atoms. The molecule has 2 N–H and O–H groups in total. The zero-order chi connectivity index (χ0) is 22.3. The normalized spacial score (nSPS) is 17.2. The van der Waals surface area contributed by atoms with Crippen molar-refractivity contribution < 1.29 is 37.0 Å². The van der Waals surface area contributed by atoms with E-state index in [1.165, 1.54) is 33.5 Å². The first-order valence-corrected chi connectivity index (χ1v) is 10.6. The van der Waals surface area contributed by atoms with Crippen molar-refractivity contribution in [2.75, 3.05) is 47.6 Å². The van der Waals surface area contributed by atoms with Gasteiger partial charge in [-0.25, -0.2) is 8.42 Å². The molecule has 0 saturated carbocycles. The van der Waals surface area contributed by atoms with Gasteiger partial charge in [-0.2, -0.15) is 4.31 Å². The van der Waals surface area contributed by atoms with Crippen molar-refractivity contribution in [3.63, 3.8) is 0 Å². The van der Waals surface area contributed by atoms with E-state index in [2.05, 4.69) is 10.6 Å². The van der Waals surface area contributed by atoms with Crippen LogP contribution in [0.5, 0.6) is 5.75 Å². The summed E-state index contributed by atoms with van der Waals surface area (Å²) in [6.07, 6.45) is -1.62. The average molecular weight is 445 g/mol. The maximum Gasteiger partial charge on any atom is 0.309 e. The number of rotatable bonds is 9. The highest BCUT2D eigenvalue weighted by Gasteiger charge is 2.37. The maximum absolute atomic E-state index is 13.0. The van der Waals surface area contributed by atoms with Crippen molar-refractivity contribution in [2.24, 2.45) is 0 Å². The maximum atomic E-state index is 13.0. The molecule has 11 nitrogen and oxygen atoms in total. The SMILES string of the molecule is COc1ccc(S(=O)(=O)N2CCO[C@@H]2CNC(=O)C(=O)NCC(OC)OC)cc1C. The third kappa shape index (κ3) is 5.67. The zero-order valence-corrected chi connectivity index (χ0v) is 18.2. The van der Waals surface area contributed by atoms with Crippen molar-refractivity contribution in [3.05, 3.63) is 23.8 Å². The van der Waals surface area contributed by atoms with Crippen LogP contribution in [0.3, 0.4) is 0 Å². The summed E-state index contributed by atoms with van der Waals surface area (Å²) in [6.45, 7) is 1.84. The smallest absolute Gasteiger partial charge is 0.309 e. The van der Waals surface area contributed by atoms with E-state index in [0.717, 1.165) is 4.31 Å². The van der Waals surface area contributed by atoms with Gasteiger partial charge in [-0.3, -0.25) is 9.59 Å². The Labute approximate surface area is 175 Å². The molecule has 0 bridgehead atoms. The Bertz CT molecular complexity index is 857. The zero-order valence-electron chi connectivity index (χ0n) is 17.3. The van der Waals surface area contributed by atoms with Crippen LogP contribution < -0.4 is 15.4 Å². The number of ether oxygens (including phenoxy) is 4. The number of amides is 2. The largest absolute Gasteiger partial charge is 0.496 e. The number of methoxy groups -OCH3 is 3. The Morgan fingerprint density at radius 2 is 1.87 bits per heavy atom. The minimum absolute atomic E-state index is 0.0174. The summed E-state index contributed by atoms with van der Waals surface area (Å²) < 4.78 is 47.6. The molecule has 2 amide bonds. The van der Waals surface area contributed by atoms with Crippen LogP contribution in [0, 0.1) is 6.92 Å². The highest BCUT2D eigenvalue weighted by atomic mass is 32.2. The predicted molar refractivity (Wildman–Crippen MR) is 105 cm³/mol. The second-order valence-corrected chi connectivity index (χ2v) is 8.28. The molecular weight excluding hydrogens is 418 g/mol. The number of benzene rings is 1. The molecule has 1 aliphatic rings. The molecular formula is C18H27N3O8S. The van der Waals surface area contributed by atoms with E-state index in [0.29, 0.717) is 11.3 Å². The number of carbonyl (C=O) groups is 2. The number of hydrogen-bond donors (Lipinski definition) is 2. The third-order valence-corrected chi connectivity index (χ3v) is 6.40. The monoisotopic (exact) mass is 445 g/mol. The molecule has 168 valence electrons. The molecule has 1 atom stereocenters. The van der Waals surface area contributed by atoms with Crippen LogP contribution in [0.1, 0.15) is 5.56 Å². The lowest BCUT2D eigenvalue weighted by atomic mass is 10.2. The van der Waals surface area contributed by atoms with Crippen LogP contribution in [0.25, 0.3) is 0 Å². The van der Waals surface area contributed by atoms with E-state index in [1.807, 2.05) is 0 Å². The van der Waals surface area contributed by atoms with Gasteiger partial charge in [0.1, 0.15) is 12.0 Å². The van der Waals surface area contributed by atoms with Gasteiger partial charge in [-0.15, -0.1) is 0 Å². The number of hydrogen-bond acceptors (Lipinski definition) is 8. The molecule has 1 heterocycles. The summed E-state index contributed by atoms with van der Waals surface area (Å²) in [7, 11) is 0.440. The summed E-state index contributed by atoms with van der Waals surface area (Å²) in [4.78, 5) is 23.9. The van der Waals surface area contributed by atoms with E-state index in [4.69, 9.17) is 18.9 Å². The molecule has 2 rings (SSSR count). The van der Waals surface area contributed by atoms with Crippen molar-refractivity contribution >= 4 is 21.8 Å². The first-order valence-electron chi connectivity index (χ1n) is 9.14. The third-order valence-electron chi connectivity index (χ3n) is 4.51. The van der Waals surface area contributed by atoms with Gasteiger partial charge in [-0.05, 0) is 30.7 Å². The summed E-state index contributed by atoms with van der Waals surface area (Å²) in [5.74, 6) is -1.24. The minimum Gasteiger partial charge on any atom is -0.496 e. The van der Waals surface area contributed by atoms with Crippen LogP contribution >= 0.6 is 0 Å². The summed E-state index contributed by atoms with van der Waals surface area (Å²) in [5.41, 5.74) is 0.672. The highest BCUT2D eigenvalue weighted by molar-refractivity contribution is 7.89. The predicted octanol–water partition coefficient (Wildman–Crippen LogP) is -0.798. The molecule has 0 unspecified atom stereocenters. The Hall–Kier alpha value is -2.25. The number of nitrogens with zero attached hydrogens (tertiary/aromatic N) is 1. The second kappa shape index (κ2) is 10.7. The quantitative estimate of drug-likeness (QED) is 0.373. The summed E-state index contributed by atoms with van der Waals surface area (Å²) in [6, 6.07) is 4.54. The Morgan fingerprint density at radius 3 is 2.47 bits per heavy atom. The van der Waals surface area contributed by atoms with E-state index in [1.54, 1.807) is 13.0 Å². The van der Waals surface area contributed by atoms with E-state index in [9.17, 15) is 18.0 Å². The Balaban J connectivity index is 1.99. The molecule has 1 fully saturated rings. The second-order valence-electron chi connectivity index (χ2n) is 6.39. The van der Waals surface area contributed by atoms with Crippen LogP contribution in [-0.4, -0.2) is 84.6 Å². The Kier molecular flexibility index (Phi) is 8.55. The van der Waals surface area contributed by atoms with Crippen molar-refractivity contribution in [3.8, 4) is 5.75 Å². The fraction of sp³-hybridized carbons (Fsp3) is 0.556. The molecule has 1 aliphatic heterocycles. The molecule has 0 radical (unpaired) electrons. The van der Waals surface area contributed by atoms with Gasteiger partial charge in [0.25, 0.3) is 0 Å². The molecule has 12 heteroatoms. The van der Waals surface area contributed by atoms with Crippen LogP contribution in [0.2, 0.25) is 0 Å². The number of sulfonamides is 1. The number of carbonyl (C=O) groups excluding carboxylic acids is 2. The lowest BCUT2D eigenvalue weighted by molar-refractivity contribution is -0.142. The fourth-order valence-electron chi connectivity index (χ4n) is 2.87. The van der Waals surface area contributed by atoms with Crippen molar-refractivity contribution in [1.82, 2.24) is 14.9 Å². The van der Waals surface area contributed by atoms with E-state index in [-0.39, 0.29) is 31.1 Å². The van der Waals surface area contributed by atoms with Crippen molar-refractivity contribution in [1.29, 1.82) is 0 Å². The fourth-order valence-corrected chi connectivity index (χ4v) is 4.46. The number of nitrogens with one attached hydrogen (secondary N) is 2. The molecule has 0 spiro atoms. The standard InChI is InChI=1S/C18H27N3O8S/c1-12-9-13(5-6-14(12)26-2)30(24,25)21-7-8-29-15(21)10-19-17(22)18(23)20-11-16(27-3)28-4/h5-6,9,15-16H,7-8,10-11H2,1-4H3,(H,19,22)(H,20,23)/t15-/m1/s1. The lowest BCUT2D eigenvalue weighted by Gasteiger charge is -2.23. The van der Waals surface area contributed by atoms with Gasteiger partial charge in [0.2, 0.25) is 10.0 Å². The first kappa shape index (κ1) is 24.0. The van der Waals surface area contributed by atoms with Crippen LogP contribution in [0.15, 0.2) is 23.1 Å². The molecule has 1 saturated heterocycles. The highest BCUT2D eigenvalue weighted by Crippen LogP contribution is 2.26. The van der Waals surface area contributed by atoms with Gasteiger partial charge < -0.3 is 29.6 Å². The van der Waals surface area contributed by atoms with Crippen molar-refractivity contribution in [2.45, 2.75) is 24.3 Å². The summed E-state index contributed by atoms with van der Waals surface area (Å²) >= 11 is 0. The van der Waals surface area contributed by atoms with Crippen LogP contribution in [0.4, 0.5) is 0 Å². The molecule has 0 aliphatic carbocycles. The number of aryl methyl sites for hydroxylation is 1. The van der Waals surface area contributed by atoms with Gasteiger partial charge in [0.15, 0.2) is 6.29 Å². The minimum atomic E-state index is -3.86. The Morgan fingerprint density at radius 1 is 1.20 bits per heavy atom. The lowest BCUT2D eigenvalue weighted by Crippen LogP contribution is -2.48. The molecule has 1 aromatic rings. The molecule has 0 aromatic heterocycles. The van der Waals surface area contributed by atoms with Gasteiger partial charge in [-0.1, -0.05) is 0 Å². The van der Waals surface area contributed by atoms with Gasteiger partial charge in [0, 0.05) is 20.8 Å². The topological polar surface area (TPSA) is 132 Å². The van der Waals surface area contributed by atoms with Crippen LogP contribution in [-0.2, 0) is 33.8 Å².